The Morgan fingerprint density at radius 1 is 1.24 bits per heavy atom. The molecule has 2 amide bonds. The third kappa shape index (κ3) is 3.90. The Labute approximate surface area is 128 Å². The fourth-order valence-electron chi connectivity index (χ4n) is 1.81. The van der Waals surface area contributed by atoms with Gasteiger partial charge < -0.3 is 15.7 Å². The van der Waals surface area contributed by atoms with Crippen molar-refractivity contribution < 1.29 is 23.5 Å². The Kier molecular flexibility index (Phi) is 5.65. The normalized spacial score (nSPS) is 11.1. The van der Waals surface area contributed by atoms with Gasteiger partial charge in [0.1, 0.15) is 11.2 Å². The molecule has 0 aromatic heterocycles. The molecule has 0 aliphatic rings. The molecule has 0 bridgehead atoms. The summed E-state index contributed by atoms with van der Waals surface area (Å²) < 4.78 is 27.4. The average Bonchev–Trinajstić information content (AvgIpc) is 2.40. The number of hydrogen-bond donors (Lipinski definition) is 3. The lowest BCUT2D eigenvalue weighted by molar-refractivity contribution is -0.144. The molecule has 1 rings (SSSR count). The smallest absolute Gasteiger partial charge is 0.329 e. The maximum atomic E-state index is 13.6. The number of anilines is 1. The first kappa shape index (κ1) is 17.4. The number of hydrogen-bond acceptors (Lipinski definition) is 2. The van der Waals surface area contributed by atoms with E-state index in [2.05, 4.69) is 21.2 Å². The number of benzene rings is 1. The van der Waals surface area contributed by atoms with Gasteiger partial charge in [-0.15, -0.1) is 0 Å². The predicted molar refractivity (Wildman–Crippen MR) is 77.2 cm³/mol. The van der Waals surface area contributed by atoms with E-state index in [0.29, 0.717) is 0 Å². The van der Waals surface area contributed by atoms with E-state index in [1.54, 1.807) is 13.8 Å². The van der Waals surface area contributed by atoms with Gasteiger partial charge in [0.15, 0.2) is 11.6 Å². The highest BCUT2D eigenvalue weighted by molar-refractivity contribution is 9.10. The summed E-state index contributed by atoms with van der Waals surface area (Å²) in [6, 6.07) is 0.993. The van der Waals surface area contributed by atoms with Gasteiger partial charge in [-0.3, -0.25) is 0 Å². The highest BCUT2D eigenvalue weighted by Gasteiger charge is 2.36. The van der Waals surface area contributed by atoms with Crippen LogP contribution >= 0.6 is 15.9 Å². The van der Waals surface area contributed by atoms with Crippen LogP contribution in [0, 0.1) is 11.6 Å². The van der Waals surface area contributed by atoms with E-state index < -0.39 is 34.9 Å². The number of carbonyl (C=O) groups excluding carboxylic acids is 1. The number of carboxylic acids is 1. The van der Waals surface area contributed by atoms with Crippen LogP contribution < -0.4 is 10.6 Å². The third-order valence-electron chi connectivity index (χ3n) is 3.21. The van der Waals surface area contributed by atoms with Gasteiger partial charge in [0.25, 0.3) is 0 Å². The zero-order valence-corrected chi connectivity index (χ0v) is 13.1. The minimum atomic E-state index is -1.48. The van der Waals surface area contributed by atoms with Crippen LogP contribution in [0.2, 0.25) is 0 Å². The van der Waals surface area contributed by atoms with Crippen LogP contribution in [0.15, 0.2) is 16.6 Å². The molecule has 0 aliphatic carbocycles. The second-order valence-electron chi connectivity index (χ2n) is 4.42. The molecule has 5 nitrogen and oxygen atoms in total. The standard InChI is InChI=1S/C13H15BrF2N2O3/c1-3-13(4-2,11(19)20)18-12(21)17-10-8(15)5-7(14)6-9(10)16/h5-6H,3-4H2,1-2H3,(H,19,20)(H2,17,18,21). The number of amides is 2. The second-order valence-corrected chi connectivity index (χ2v) is 5.33. The van der Waals surface area contributed by atoms with Crippen LogP contribution in [-0.2, 0) is 4.79 Å². The van der Waals surface area contributed by atoms with Crippen molar-refractivity contribution in [1.82, 2.24) is 5.32 Å². The van der Waals surface area contributed by atoms with Crippen molar-refractivity contribution in [2.75, 3.05) is 5.32 Å². The highest BCUT2D eigenvalue weighted by atomic mass is 79.9. The molecule has 8 heteroatoms. The van der Waals surface area contributed by atoms with Crippen molar-refractivity contribution >= 4 is 33.6 Å². The van der Waals surface area contributed by atoms with Crippen LogP contribution in [0.3, 0.4) is 0 Å². The molecule has 0 heterocycles. The van der Waals surface area contributed by atoms with E-state index in [1.807, 2.05) is 5.32 Å². The first-order valence-corrected chi connectivity index (χ1v) is 7.02. The predicted octanol–water partition coefficient (Wildman–Crippen LogP) is 3.49. The van der Waals surface area contributed by atoms with Crippen molar-refractivity contribution in [2.24, 2.45) is 0 Å². The number of carbonyl (C=O) groups is 2. The molecular weight excluding hydrogens is 350 g/mol. The summed E-state index contributed by atoms with van der Waals surface area (Å²) in [6.07, 6.45) is 0.273. The molecule has 0 unspecified atom stereocenters. The van der Waals surface area contributed by atoms with Crippen LogP contribution in [0.1, 0.15) is 26.7 Å². The van der Waals surface area contributed by atoms with Gasteiger partial charge in [-0.25, -0.2) is 18.4 Å². The van der Waals surface area contributed by atoms with Crippen molar-refractivity contribution in [2.45, 2.75) is 32.2 Å². The Morgan fingerprint density at radius 2 is 1.71 bits per heavy atom. The number of rotatable bonds is 5. The number of urea groups is 1. The molecule has 0 saturated heterocycles. The summed E-state index contributed by atoms with van der Waals surface area (Å²) in [6.45, 7) is 3.19. The minimum Gasteiger partial charge on any atom is -0.480 e. The van der Waals surface area contributed by atoms with E-state index >= 15 is 0 Å². The first-order chi connectivity index (χ1) is 9.75. The topological polar surface area (TPSA) is 78.4 Å². The Balaban J connectivity index is 2.95. The lowest BCUT2D eigenvalue weighted by Gasteiger charge is -2.28. The van der Waals surface area contributed by atoms with Crippen molar-refractivity contribution in [3.63, 3.8) is 0 Å². The van der Waals surface area contributed by atoms with Gasteiger partial charge >= 0.3 is 12.0 Å². The summed E-state index contributed by atoms with van der Waals surface area (Å²) in [5, 5.41) is 13.4. The zero-order chi connectivity index (χ0) is 16.2. The summed E-state index contributed by atoms with van der Waals surface area (Å²) in [5.74, 6) is -3.14. The average molecular weight is 365 g/mol. The van der Waals surface area contributed by atoms with Gasteiger partial charge in [0.05, 0.1) is 0 Å². The van der Waals surface area contributed by atoms with Crippen molar-refractivity contribution in [1.29, 1.82) is 0 Å². The maximum Gasteiger partial charge on any atom is 0.329 e. The largest absolute Gasteiger partial charge is 0.480 e. The summed E-state index contributed by atoms with van der Waals surface area (Å²) in [5.41, 5.74) is -2.12. The Bertz CT molecular complexity index is 539. The molecule has 0 radical (unpaired) electrons. The first-order valence-electron chi connectivity index (χ1n) is 6.22. The van der Waals surface area contributed by atoms with E-state index in [0.717, 1.165) is 12.1 Å². The SMILES string of the molecule is CCC(CC)(NC(=O)Nc1c(F)cc(Br)cc1F)C(=O)O. The summed E-state index contributed by atoms with van der Waals surface area (Å²) >= 11 is 2.92. The number of nitrogens with one attached hydrogen (secondary N) is 2. The van der Waals surface area contributed by atoms with Gasteiger partial charge in [-0.1, -0.05) is 29.8 Å². The lowest BCUT2D eigenvalue weighted by atomic mass is 9.93. The minimum absolute atomic E-state index is 0.136. The van der Waals surface area contributed by atoms with Crippen molar-refractivity contribution in [3.05, 3.63) is 28.2 Å². The van der Waals surface area contributed by atoms with Crippen LogP contribution in [0.25, 0.3) is 0 Å². The fraction of sp³-hybridized carbons (Fsp3) is 0.385. The molecule has 1 aromatic carbocycles. The van der Waals surface area contributed by atoms with E-state index in [1.165, 1.54) is 0 Å². The quantitative estimate of drug-likeness (QED) is 0.748. The van der Waals surface area contributed by atoms with Gasteiger partial charge in [0, 0.05) is 4.47 Å². The van der Waals surface area contributed by atoms with Gasteiger partial charge in [-0.05, 0) is 25.0 Å². The van der Waals surface area contributed by atoms with E-state index in [-0.39, 0.29) is 17.3 Å². The molecule has 116 valence electrons. The van der Waals surface area contributed by atoms with Gasteiger partial charge in [-0.2, -0.15) is 0 Å². The molecule has 0 atom stereocenters. The molecule has 0 aliphatic heterocycles. The Morgan fingerprint density at radius 3 is 2.10 bits per heavy atom. The highest BCUT2D eigenvalue weighted by Crippen LogP contribution is 2.24. The van der Waals surface area contributed by atoms with Crippen molar-refractivity contribution in [3.8, 4) is 0 Å². The van der Waals surface area contributed by atoms with E-state index in [4.69, 9.17) is 0 Å². The fourth-order valence-corrected chi connectivity index (χ4v) is 2.21. The van der Waals surface area contributed by atoms with Crippen LogP contribution in [0.5, 0.6) is 0 Å². The molecule has 0 fully saturated rings. The van der Waals surface area contributed by atoms with Gasteiger partial charge in [0.2, 0.25) is 0 Å². The molecule has 21 heavy (non-hydrogen) atoms. The molecular formula is C13H15BrF2N2O3. The molecule has 3 N–H and O–H groups in total. The number of carboxylic acid groups (broad SMARTS) is 1. The second kappa shape index (κ2) is 6.84. The summed E-state index contributed by atoms with van der Waals surface area (Å²) in [4.78, 5) is 23.1. The molecule has 0 spiro atoms. The zero-order valence-electron chi connectivity index (χ0n) is 11.5. The monoisotopic (exact) mass is 364 g/mol. The number of aliphatic carboxylic acids is 1. The summed E-state index contributed by atoms with van der Waals surface area (Å²) in [7, 11) is 0. The molecule has 1 aromatic rings. The lowest BCUT2D eigenvalue weighted by Crippen LogP contribution is -2.55. The molecule has 0 saturated carbocycles. The van der Waals surface area contributed by atoms with Crippen LogP contribution in [-0.4, -0.2) is 22.6 Å². The van der Waals surface area contributed by atoms with E-state index in [9.17, 15) is 23.5 Å². The number of halogens is 3. The maximum absolute atomic E-state index is 13.6. The third-order valence-corrected chi connectivity index (χ3v) is 3.67. The van der Waals surface area contributed by atoms with Crippen LogP contribution in [0.4, 0.5) is 19.3 Å². The Hall–Kier alpha value is -1.70.